The fraction of sp³-hybridized carbons (Fsp3) is 0.789. The molecule has 0 bridgehead atoms. The Hall–Kier alpha value is -1.30. The number of aromatic nitrogens is 2. The first-order chi connectivity index (χ1) is 17.3. The predicted octanol–water partition coefficient (Wildman–Crippen LogP) is -1.47. The van der Waals surface area contributed by atoms with E-state index in [4.69, 9.17) is 18.5 Å². The third-order valence-electron chi connectivity index (χ3n) is 6.15. The molecule has 6 N–H and O–H groups in total. The number of aryl methyl sites for hydroxylation is 1. The van der Waals surface area contributed by atoms with Gasteiger partial charge < -0.3 is 39.5 Å². The van der Waals surface area contributed by atoms with Crippen molar-refractivity contribution in [2.45, 2.75) is 75.8 Å². The van der Waals surface area contributed by atoms with Crippen molar-refractivity contribution in [2.24, 2.45) is 0 Å². The summed E-state index contributed by atoms with van der Waals surface area (Å²) in [5, 5.41) is 31.0. The maximum absolute atomic E-state index is 12.4. The molecule has 2 fully saturated rings. The lowest BCUT2D eigenvalue weighted by atomic mass is 9.86. The monoisotopic (exact) mass is 589 g/mol. The average molecular weight is 589 g/mol. The standard InChI is InChI=1S/C19H33N3O14P2/c1-9-7-22(18(27)20-16(9)26)12-6-10(23)11(33-12)8-32-37(28,29)36-38(30,31)35-17-14(25)13(24)15(21(4)5)19(2,3)34-17/h7,10-15,17,23-25H,6,8H2,1-5H3,(H,28,29)(H,30,31)(H,20,26,27)/t10-,11+,12+,13-,14+,15+,17-/m0/s1. The molecule has 38 heavy (non-hydrogen) atoms. The number of likely N-dealkylation sites (N-methyl/N-ethyl adjacent to an activating group) is 1. The molecule has 3 rings (SSSR count). The topological polar surface area (TPSA) is 240 Å². The third-order valence-corrected chi connectivity index (χ3v) is 8.75. The zero-order valence-corrected chi connectivity index (χ0v) is 23.0. The van der Waals surface area contributed by atoms with Crippen LogP contribution in [0, 0.1) is 6.92 Å². The Labute approximate surface area is 216 Å². The zero-order valence-electron chi connectivity index (χ0n) is 21.2. The van der Waals surface area contributed by atoms with Crippen LogP contribution in [0.4, 0.5) is 0 Å². The number of nitrogens with one attached hydrogen (secondary N) is 1. The number of nitrogens with zero attached hydrogens (tertiary/aromatic N) is 2. The molecule has 1 aromatic rings. The number of aliphatic hydroxyl groups excluding tert-OH is 3. The highest BCUT2D eigenvalue weighted by atomic mass is 31.3. The van der Waals surface area contributed by atoms with Gasteiger partial charge in [0, 0.05) is 18.2 Å². The SMILES string of the molecule is Cc1cn([C@H]2C[C@H](O)[C@@H](COP(=O)(O)OP(=O)(O)O[C@@H]3OC(C)(C)[C@H](N(C)C)[C@@H](O)[C@H]3O)O2)c(=O)[nH]c1=O. The molecule has 0 aliphatic carbocycles. The first kappa shape index (κ1) is 31.2. The molecule has 1 aromatic heterocycles. The van der Waals surface area contributed by atoms with Crippen molar-refractivity contribution in [3.05, 3.63) is 32.6 Å². The molecular formula is C19H33N3O14P2. The van der Waals surface area contributed by atoms with E-state index < -0.39 is 82.1 Å². The first-order valence-electron chi connectivity index (χ1n) is 11.4. The Kier molecular flexibility index (Phi) is 9.28. The summed E-state index contributed by atoms with van der Waals surface area (Å²) in [5.41, 5.74) is -2.38. The van der Waals surface area contributed by atoms with Crippen LogP contribution >= 0.6 is 15.6 Å². The molecule has 19 heteroatoms. The van der Waals surface area contributed by atoms with Crippen LogP contribution in [0.1, 0.15) is 32.1 Å². The van der Waals surface area contributed by atoms with E-state index in [2.05, 4.69) is 9.29 Å². The number of hydrogen-bond acceptors (Lipinski definition) is 13. The zero-order chi connectivity index (χ0) is 28.8. The van der Waals surface area contributed by atoms with E-state index in [9.17, 15) is 43.8 Å². The summed E-state index contributed by atoms with van der Waals surface area (Å²) < 4.78 is 50.5. The fourth-order valence-corrected chi connectivity index (χ4v) is 6.67. The van der Waals surface area contributed by atoms with Crippen LogP contribution in [0.3, 0.4) is 0 Å². The molecule has 0 radical (unpaired) electrons. The molecule has 9 atom stereocenters. The van der Waals surface area contributed by atoms with E-state index in [1.165, 1.54) is 27.0 Å². The summed E-state index contributed by atoms with van der Waals surface area (Å²) in [6, 6.07) is -0.735. The van der Waals surface area contributed by atoms with Crippen molar-refractivity contribution in [3.63, 3.8) is 0 Å². The fourth-order valence-electron chi connectivity index (χ4n) is 4.52. The molecule has 0 spiro atoms. The van der Waals surface area contributed by atoms with Crippen molar-refractivity contribution in [2.75, 3.05) is 20.7 Å². The normalized spacial score (nSPS) is 34.7. The van der Waals surface area contributed by atoms with Crippen molar-refractivity contribution in [1.29, 1.82) is 0 Å². The second kappa shape index (κ2) is 11.3. The molecule has 2 unspecified atom stereocenters. The molecule has 2 aliphatic heterocycles. The maximum atomic E-state index is 12.4. The summed E-state index contributed by atoms with van der Waals surface area (Å²) in [6.45, 7) is 3.72. The Bertz CT molecular complexity index is 1220. The van der Waals surface area contributed by atoms with Gasteiger partial charge in [0.2, 0.25) is 0 Å². The lowest BCUT2D eigenvalue weighted by Gasteiger charge is -2.49. The van der Waals surface area contributed by atoms with Crippen LogP contribution < -0.4 is 11.2 Å². The number of ether oxygens (including phenoxy) is 2. The average Bonchev–Trinajstić information content (AvgIpc) is 3.11. The molecule has 3 heterocycles. The van der Waals surface area contributed by atoms with Gasteiger partial charge in [0.25, 0.3) is 5.56 Å². The van der Waals surface area contributed by atoms with Gasteiger partial charge in [-0.2, -0.15) is 4.31 Å². The molecular weight excluding hydrogens is 556 g/mol. The summed E-state index contributed by atoms with van der Waals surface area (Å²) >= 11 is 0. The summed E-state index contributed by atoms with van der Waals surface area (Å²) in [6.07, 6.45) is -7.71. The van der Waals surface area contributed by atoms with Crippen molar-refractivity contribution < 1.29 is 57.1 Å². The van der Waals surface area contributed by atoms with Crippen molar-refractivity contribution >= 4 is 15.6 Å². The summed E-state index contributed by atoms with van der Waals surface area (Å²) in [4.78, 5) is 47.3. The number of phosphoric acid groups is 2. The van der Waals surface area contributed by atoms with E-state index in [0.29, 0.717) is 0 Å². The number of rotatable bonds is 9. The van der Waals surface area contributed by atoms with E-state index in [0.717, 1.165) is 4.57 Å². The van der Waals surface area contributed by atoms with Crippen molar-refractivity contribution in [3.8, 4) is 0 Å². The number of aliphatic hydroxyl groups is 3. The van der Waals surface area contributed by atoms with E-state index >= 15 is 0 Å². The number of phosphoric ester groups is 2. The van der Waals surface area contributed by atoms with Crippen molar-refractivity contribution in [1.82, 2.24) is 14.5 Å². The minimum Gasteiger partial charge on any atom is -0.390 e. The second-order valence-corrected chi connectivity index (χ2v) is 12.8. The minimum absolute atomic E-state index is 0.138. The second-order valence-electron chi connectivity index (χ2n) is 9.81. The molecule has 2 saturated heterocycles. The highest BCUT2D eigenvalue weighted by Gasteiger charge is 2.53. The van der Waals surface area contributed by atoms with Gasteiger partial charge in [0.05, 0.1) is 24.4 Å². The van der Waals surface area contributed by atoms with Gasteiger partial charge in [-0.1, -0.05) is 0 Å². The van der Waals surface area contributed by atoms with Gasteiger partial charge in [0.15, 0.2) is 6.29 Å². The largest absolute Gasteiger partial charge is 0.483 e. The van der Waals surface area contributed by atoms with Crippen LogP contribution in [0.25, 0.3) is 0 Å². The Morgan fingerprint density at radius 1 is 1.16 bits per heavy atom. The van der Waals surface area contributed by atoms with Gasteiger partial charge in [-0.05, 0) is 34.9 Å². The maximum Gasteiger partial charge on any atom is 0.483 e. The van der Waals surface area contributed by atoms with Gasteiger partial charge in [0.1, 0.15) is 24.5 Å². The van der Waals surface area contributed by atoms with E-state index in [1.807, 2.05) is 0 Å². The molecule has 17 nitrogen and oxygen atoms in total. The Balaban J connectivity index is 1.61. The van der Waals surface area contributed by atoms with Gasteiger partial charge in [-0.3, -0.25) is 23.4 Å². The highest BCUT2D eigenvalue weighted by molar-refractivity contribution is 7.61. The van der Waals surface area contributed by atoms with E-state index in [1.54, 1.807) is 19.0 Å². The van der Waals surface area contributed by atoms with Crippen LogP contribution in [-0.4, -0.2) is 103 Å². The minimum atomic E-state index is -5.43. The lowest BCUT2D eigenvalue weighted by Crippen LogP contribution is -2.66. The van der Waals surface area contributed by atoms with E-state index in [-0.39, 0.29) is 12.0 Å². The summed E-state index contributed by atoms with van der Waals surface area (Å²) in [7, 11) is -7.51. The first-order valence-corrected chi connectivity index (χ1v) is 14.4. The predicted molar refractivity (Wildman–Crippen MR) is 127 cm³/mol. The lowest BCUT2D eigenvalue weighted by molar-refractivity contribution is -0.289. The molecule has 0 aromatic carbocycles. The van der Waals surface area contributed by atoms with Crippen LogP contribution in [0.2, 0.25) is 0 Å². The van der Waals surface area contributed by atoms with Crippen LogP contribution in [-0.2, 0) is 32.0 Å². The Morgan fingerprint density at radius 2 is 1.79 bits per heavy atom. The van der Waals surface area contributed by atoms with Gasteiger partial charge in [-0.25, -0.2) is 13.9 Å². The summed E-state index contributed by atoms with van der Waals surface area (Å²) in [5.74, 6) is 0. The number of H-pyrrole nitrogens is 1. The molecule has 0 saturated carbocycles. The number of aromatic amines is 1. The molecule has 0 amide bonds. The smallest absolute Gasteiger partial charge is 0.390 e. The van der Waals surface area contributed by atoms with Gasteiger partial charge >= 0.3 is 21.3 Å². The van der Waals surface area contributed by atoms with Gasteiger partial charge in [-0.15, -0.1) is 0 Å². The quantitative estimate of drug-likeness (QED) is 0.180. The highest BCUT2D eigenvalue weighted by Crippen LogP contribution is 2.61. The van der Waals surface area contributed by atoms with Crippen LogP contribution in [0.15, 0.2) is 15.8 Å². The Morgan fingerprint density at radius 3 is 2.39 bits per heavy atom. The third kappa shape index (κ3) is 7.06. The van der Waals surface area contributed by atoms with Crippen LogP contribution in [0.5, 0.6) is 0 Å². The number of hydrogen-bond donors (Lipinski definition) is 6. The molecule has 218 valence electrons. The molecule has 2 aliphatic rings.